The standard InChI is InChI=1S/C16H16N2O2/c1-3-18(4-2)11-5-7-13-15(9-11)20-16-10-12(19)6-8-14(16)17-13/h5-10H,3-4H2,1-2H3. The van der Waals surface area contributed by atoms with E-state index in [1.54, 1.807) is 6.07 Å². The number of nitrogens with zero attached hydrogens (tertiary/aromatic N) is 2. The molecule has 0 unspecified atom stereocenters. The summed E-state index contributed by atoms with van der Waals surface area (Å²) in [4.78, 5) is 18.2. The van der Waals surface area contributed by atoms with Crippen molar-refractivity contribution < 1.29 is 4.42 Å². The largest absolute Gasteiger partial charge is 0.453 e. The van der Waals surface area contributed by atoms with Crippen molar-refractivity contribution in [2.45, 2.75) is 13.8 Å². The molecule has 0 amide bonds. The second kappa shape index (κ2) is 4.96. The Kier molecular flexibility index (Phi) is 3.14. The second-order valence-electron chi connectivity index (χ2n) is 4.67. The van der Waals surface area contributed by atoms with E-state index in [9.17, 15) is 4.79 Å². The van der Waals surface area contributed by atoms with Crippen LogP contribution >= 0.6 is 0 Å². The highest BCUT2D eigenvalue weighted by Gasteiger charge is 2.10. The smallest absolute Gasteiger partial charge is 0.182 e. The molecule has 0 saturated carbocycles. The minimum absolute atomic E-state index is 0.0673. The van der Waals surface area contributed by atoms with Crippen LogP contribution in [0.4, 0.5) is 5.69 Å². The highest BCUT2D eigenvalue weighted by atomic mass is 16.3. The minimum atomic E-state index is -0.0673. The molecule has 1 heterocycles. The van der Waals surface area contributed by atoms with Gasteiger partial charge in [0, 0.05) is 30.9 Å². The SMILES string of the molecule is CCN(CC)c1ccc2nc3ccc(=O)cc-3oc2c1. The van der Waals surface area contributed by atoms with E-state index in [1.165, 1.54) is 12.1 Å². The molecule has 0 bridgehead atoms. The van der Waals surface area contributed by atoms with Crippen molar-refractivity contribution in [3.05, 3.63) is 46.6 Å². The Hall–Kier alpha value is -2.36. The first-order chi connectivity index (χ1) is 9.71. The summed E-state index contributed by atoms with van der Waals surface area (Å²) in [7, 11) is 0. The molecule has 0 N–H and O–H groups in total. The van der Waals surface area contributed by atoms with Crippen LogP contribution in [0.3, 0.4) is 0 Å². The van der Waals surface area contributed by atoms with E-state index in [0.29, 0.717) is 17.0 Å². The van der Waals surface area contributed by atoms with Crippen molar-refractivity contribution in [2.24, 2.45) is 0 Å². The number of benzene rings is 2. The van der Waals surface area contributed by atoms with Crippen molar-refractivity contribution in [2.75, 3.05) is 18.0 Å². The highest BCUT2D eigenvalue weighted by Crippen LogP contribution is 2.26. The van der Waals surface area contributed by atoms with E-state index in [4.69, 9.17) is 4.42 Å². The molecule has 0 aromatic heterocycles. The number of anilines is 1. The van der Waals surface area contributed by atoms with Crippen molar-refractivity contribution in [1.29, 1.82) is 0 Å². The van der Waals surface area contributed by atoms with Gasteiger partial charge in [-0.05, 0) is 38.1 Å². The fraction of sp³-hybridized carbons (Fsp3) is 0.250. The van der Waals surface area contributed by atoms with Gasteiger partial charge in [0.1, 0.15) is 11.2 Å². The van der Waals surface area contributed by atoms with Gasteiger partial charge in [-0.3, -0.25) is 4.79 Å². The fourth-order valence-electron chi connectivity index (χ4n) is 2.38. The van der Waals surface area contributed by atoms with Crippen molar-refractivity contribution in [3.63, 3.8) is 0 Å². The number of hydrogen-bond donors (Lipinski definition) is 0. The normalized spacial score (nSPS) is 11.1. The molecule has 3 rings (SSSR count). The summed E-state index contributed by atoms with van der Waals surface area (Å²) in [6, 6.07) is 10.7. The summed E-state index contributed by atoms with van der Waals surface area (Å²) < 4.78 is 5.82. The molecule has 0 spiro atoms. The topological polar surface area (TPSA) is 46.3 Å². The molecule has 4 nitrogen and oxygen atoms in total. The van der Waals surface area contributed by atoms with Crippen LogP contribution in [0.15, 0.2) is 45.6 Å². The van der Waals surface area contributed by atoms with Crippen molar-refractivity contribution >= 4 is 16.8 Å². The van der Waals surface area contributed by atoms with Crippen LogP contribution in [-0.2, 0) is 0 Å². The lowest BCUT2D eigenvalue weighted by Crippen LogP contribution is -2.21. The lowest BCUT2D eigenvalue weighted by atomic mass is 10.2. The van der Waals surface area contributed by atoms with Gasteiger partial charge in [-0.2, -0.15) is 0 Å². The summed E-state index contributed by atoms with van der Waals surface area (Å²) in [5.74, 6) is 0.529. The average Bonchev–Trinajstić information content (AvgIpc) is 2.46. The predicted molar refractivity (Wildman–Crippen MR) is 80.5 cm³/mol. The van der Waals surface area contributed by atoms with Gasteiger partial charge in [0.05, 0.1) is 0 Å². The van der Waals surface area contributed by atoms with Crippen LogP contribution < -0.4 is 10.3 Å². The molecule has 20 heavy (non-hydrogen) atoms. The van der Waals surface area contributed by atoms with Gasteiger partial charge >= 0.3 is 0 Å². The van der Waals surface area contributed by atoms with E-state index in [-0.39, 0.29) is 5.43 Å². The van der Waals surface area contributed by atoms with Crippen LogP contribution in [0.2, 0.25) is 0 Å². The minimum Gasteiger partial charge on any atom is -0.453 e. The van der Waals surface area contributed by atoms with Crippen molar-refractivity contribution in [3.8, 4) is 11.5 Å². The first kappa shape index (κ1) is 12.7. The molecule has 4 heteroatoms. The average molecular weight is 268 g/mol. The number of rotatable bonds is 3. The first-order valence-corrected chi connectivity index (χ1v) is 6.81. The van der Waals surface area contributed by atoms with E-state index >= 15 is 0 Å². The number of fused-ring (bicyclic) bond motifs is 2. The molecule has 1 aliphatic carbocycles. The lowest BCUT2D eigenvalue weighted by Gasteiger charge is -2.21. The Morgan fingerprint density at radius 1 is 1.10 bits per heavy atom. The van der Waals surface area contributed by atoms with Crippen LogP contribution in [0.5, 0.6) is 0 Å². The van der Waals surface area contributed by atoms with Crippen LogP contribution in [-0.4, -0.2) is 18.1 Å². The molecule has 1 aliphatic heterocycles. The zero-order chi connectivity index (χ0) is 14.1. The maximum absolute atomic E-state index is 11.4. The molecule has 0 atom stereocenters. The number of hydrogen-bond acceptors (Lipinski definition) is 4. The predicted octanol–water partition coefficient (Wildman–Crippen LogP) is 3.14. The number of aromatic nitrogens is 1. The third-order valence-electron chi connectivity index (χ3n) is 3.46. The molecule has 0 saturated heterocycles. The third-order valence-corrected chi connectivity index (χ3v) is 3.46. The Labute approximate surface area is 117 Å². The molecule has 102 valence electrons. The Morgan fingerprint density at radius 2 is 1.90 bits per heavy atom. The Balaban J connectivity index is 2.21. The second-order valence-corrected chi connectivity index (χ2v) is 4.67. The monoisotopic (exact) mass is 268 g/mol. The summed E-state index contributed by atoms with van der Waals surface area (Å²) in [5, 5.41) is 0. The summed E-state index contributed by atoms with van der Waals surface area (Å²) in [6.07, 6.45) is 0. The van der Waals surface area contributed by atoms with Crippen LogP contribution in [0, 0.1) is 0 Å². The van der Waals surface area contributed by atoms with Crippen molar-refractivity contribution in [1.82, 2.24) is 4.98 Å². The third kappa shape index (κ3) is 2.13. The van der Waals surface area contributed by atoms with Crippen LogP contribution in [0.25, 0.3) is 22.6 Å². The zero-order valence-electron chi connectivity index (χ0n) is 11.6. The summed E-state index contributed by atoms with van der Waals surface area (Å²) in [6.45, 7) is 6.11. The highest BCUT2D eigenvalue weighted by molar-refractivity contribution is 5.80. The van der Waals surface area contributed by atoms with Crippen LogP contribution in [0.1, 0.15) is 13.8 Å². The van der Waals surface area contributed by atoms with E-state index in [2.05, 4.69) is 23.7 Å². The maximum Gasteiger partial charge on any atom is 0.182 e. The molecule has 0 radical (unpaired) electrons. The molecule has 1 aromatic rings. The fourth-order valence-corrected chi connectivity index (χ4v) is 2.38. The van der Waals surface area contributed by atoms with Gasteiger partial charge in [-0.25, -0.2) is 4.98 Å². The lowest BCUT2D eigenvalue weighted by molar-refractivity contribution is 0.612. The summed E-state index contributed by atoms with van der Waals surface area (Å²) >= 11 is 0. The molecule has 0 fully saturated rings. The Morgan fingerprint density at radius 3 is 2.65 bits per heavy atom. The molecular weight excluding hydrogens is 252 g/mol. The first-order valence-electron chi connectivity index (χ1n) is 6.81. The summed E-state index contributed by atoms with van der Waals surface area (Å²) in [5.41, 5.74) is 3.24. The van der Waals surface area contributed by atoms with Gasteiger partial charge in [-0.1, -0.05) is 0 Å². The molecule has 2 aliphatic rings. The Bertz CT molecular complexity index is 775. The van der Waals surface area contributed by atoms with E-state index in [1.807, 2.05) is 18.2 Å². The van der Waals surface area contributed by atoms with Gasteiger partial charge < -0.3 is 9.32 Å². The van der Waals surface area contributed by atoms with E-state index < -0.39 is 0 Å². The quantitative estimate of drug-likeness (QED) is 0.685. The maximum atomic E-state index is 11.4. The van der Waals surface area contributed by atoms with Gasteiger partial charge in [0.25, 0.3) is 0 Å². The van der Waals surface area contributed by atoms with E-state index in [0.717, 1.165) is 24.3 Å². The molecule has 1 aromatic carbocycles. The zero-order valence-corrected chi connectivity index (χ0v) is 11.6. The van der Waals surface area contributed by atoms with Gasteiger partial charge in [-0.15, -0.1) is 0 Å². The molecular formula is C16H16N2O2. The van der Waals surface area contributed by atoms with Gasteiger partial charge in [0.2, 0.25) is 0 Å². The van der Waals surface area contributed by atoms with Gasteiger partial charge in [0.15, 0.2) is 16.8 Å².